The molecule has 0 radical (unpaired) electrons. The number of hydrogen-bond acceptors (Lipinski definition) is 13. The lowest BCUT2D eigenvalue weighted by Gasteiger charge is -2.17. The fourth-order valence-electron chi connectivity index (χ4n) is 5.86. The van der Waals surface area contributed by atoms with Gasteiger partial charge in [-0.1, -0.05) is 48.5 Å². The number of fused-ring (bicyclic) bond motifs is 1. The highest BCUT2D eigenvalue weighted by molar-refractivity contribution is 5.98. The standard InChI is InChI=1S/C42H32N2O12/c1-44-31(19-25-13-15-32(30(18-25)22-45)53-39(46)27-9-5-3-6-10-27)42(49)56-36-24-52-37-35(23-51-38(36)37)55-41(48)29(21-43)17-26-14-16-33(34(20-26)50-2)54-40(47)28-11-7-4-8-12-28/h3-20,35-38,45H,22-24H2,2H3/b29-17+,31-19-/t35-,36+,37+,38+/m0/s1. The van der Waals surface area contributed by atoms with Crippen molar-refractivity contribution in [2.75, 3.05) is 20.3 Å². The minimum absolute atomic E-state index is 0.111. The summed E-state index contributed by atoms with van der Waals surface area (Å²) in [5.74, 6) is -2.69. The SMILES string of the molecule is [C-]#[N+]/C(=C\c1ccc(OC(=O)c2ccccc2)c(CO)c1)C(=O)O[C@@H]1CO[C@H]2[C@@H]1OC[C@@H]2OC(=O)/C(C#N)=C/c1ccc(OC(=O)c2ccccc2)c(OC)c1. The molecule has 2 saturated heterocycles. The second kappa shape index (κ2) is 17.8. The maximum Gasteiger partial charge on any atom is 0.349 e. The summed E-state index contributed by atoms with van der Waals surface area (Å²) in [6, 6.07) is 27.4. The summed E-state index contributed by atoms with van der Waals surface area (Å²) in [5.41, 5.74) is 0.943. The summed E-state index contributed by atoms with van der Waals surface area (Å²) in [6.07, 6.45) is -0.983. The molecule has 4 atom stereocenters. The molecule has 6 rings (SSSR count). The molecule has 14 nitrogen and oxygen atoms in total. The van der Waals surface area contributed by atoms with E-state index in [1.165, 1.54) is 55.7 Å². The maximum atomic E-state index is 13.1. The molecule has 4 aromatic carbocycles. The van der Waals surface area contributed by atoms with Crippen molar-refractivity contribution >= 4 is 36.0 Å². The van der Waals surface area contributed by atoms with Crippen LogP contribution in [0.4, 0.5) is 0 Å². The van der Waals surface area contributed by atoms with Crippen molar-refractivity contribution in [3.05, 3.63) is 148 Å². The summed E-state index contributed by atoms with van der Waals surface area (Å²) < 4.78 is 39.0. The Morgan fingerprint density at radius 2 is 1.30 bits per heavy atom. The Morgan fingerprint density at radius 1 is 0.768 bits per heavy atom. The van der Waals surface area contributed by atoms with Crippen molar-refractivity contribution in [3.8, 4) is 23.3 Å². The van der Waals surface area contributed by atoms with Crippen LogP contribution in [0.1, 0.15) is 37.4 Å². The van der Waals surface area contributed by atoms with E-state index in [2.05, 4.69) is 4.85 Å². The molecule has 0 spiro atoms. The van der Waals surface area contributed by atoms with Crippen LogP contribution in [0.15, 0.2) is 108 Å². The van der Waals surface area contributed by atoms with Gasteiger partial charge in [-0.15, -0.1) is 0 Å². The Balaban J connectivity index is 1.06. The molecule has 4 aromatic rings. The van der Waals surface area contributed by atoms with E-state index < -0.39 is 54.9 Å². The molecule has 1 N–H and O–H groups in total. The number of aliphatic hydroxyl groups excluding tert-OH is 1. The monoisotopic (exact) mass is 756 g/mol. The number of aliphatic hydroxyl groups is 1. The van der Waals surface area contributed by atoms with Crippen LogP contribution in [0.3, 0.4) is 0 Å². The lowest BCUT2D eigenvalue weighted by Crippen LogP contribution is -2.36. The first-order valence-corrected chi connectivity index (χ1v) is 17.0. The summed E-state index contributed by atoms with van der Waals surface area (Å²) in [7, 11) is 1.38. The molecule has 0 aliphatic carbocycles. The lowest BCUT2D eigenvalue weighted by atomic mass is 10.1. The highest BCUT2D eigenvalue weighted by Crippen LogP contribution is 2.33. The van der Waals surface area contributed by atoms with Crippen LogP contribution >= 0.6 is 0 Å². The van der Waals surface area contributed by atoms with Gasteiger partial charge >= 0.3 is 23.9 Å². The molecule has 2 fully saturated rings. The van der Waals surface area contributed by atoms with Gasteiger partial charge in [-0.05, 0) is 71.8 Å². The first-order chi connectivity index (χ1) is 27.2. The number of nitriles is 1. The average Bonchev–Trinajstić information content (AvgIpc) is 3.82. The molecular weight excluding hydrogens is 724 g/mol. The molecule has 0 saturated carbocycles. The van der Waals surface area contributed by atoms with Crippen LogP contribution in [0.25, 0.3) is 17.0 Å². The zero-order valence-electron chi connectivity index (χ0n) is 29.7. The molecule has 2 aliphatic heterocycles. The maximum absolute atomic E-state index is 13.1. The normalized spacial score (nSPS) is 18.8. The van der Waals surface area contributed by atoms with Gasteiger partial charge < -0.3 is 38.3 Å². The van der Waals surface area contributed by atoms with Crippen LogP contribution < -0.4 is 14.2 Å². The summed E-state index contributed by atoms with van der Waals surface area (Å²) >= 11 is 0. The van der Waals surface area contributed by atoms with Gasteiger partial charge in [0.25, 0.3) is 5.70 Å². The van der Waals surface area contributed by atoms with E-state index in [0.29, 0.717) is 22.3 Å². The third-order valence-electron chi connectivity index (χ3n) is 8.63. The number of carbonyl (C=O) groups excluding carboxylic acids is 4. The van der Waals surface area contributed by atoms with Crippen molar-refractivity contribution in [1.29, 1.82) is 5.26 Å². The number of nitrogens with zero attached hydrogens (tertiary/aromatic N) is 2. The van der Waals surface area contributed by atoms with Crippen LogP contribution in [0.5, 0.6) is 17.2 Å². The Labute approximate surface area is 320 Å². The van der Waals surface area contributed by atoms with Gasteiger partial charge in [0.05, 0.1) is 44.6 Å². The smallest absolute Gasteiger partial charge is 0.349 e. The molecule has 2 aliphatic rings. The van der Waals surface area contributed by atoms with Crippen LogP contribution in [-0.4, -0.2) is 73.7 Å². The van der Waals surface area contributed by atoms with E-state index >= 15 is 0 Å². The van der Waals surface area contributed by atoms with E-state index in [-0.39, 0.29) is 47.3 Å². The quantitative estimate of drug-likeness (QED) is 0.0663. The predicted molar refractivity (Wildman–Crippen MR) is 196 cm³/mol. The third kappa shape index (κ3) is 8.98. The van der Waals surface area contributed by atoms with Crippen molar-refractivity contribution in [2.45, 2.75) is 31.0 Å². The number of rotatable bonds is 12. The number of carbonyl (C=O) groups is 4. The predicted octanol–water partition coefficient (Wildman–Crippen LogP) is 5.11. The second-order valence-corrected chi connectivity index (χ2v) is 12.2. The van der Waals surface area contributed by atoms with Gasteiger partial charge in [0.2, 0.25) is 0 Å². The van der Waals surface area contributed by atoms with E-state index in [4.69, 9.17) is 39.7 Å². The van der Waals surface area contributed by atoms with Gasteiger partial charge in [0.15, 0.2) is 23.7 Å². The lowest BCUT2D eigenvalue weighted by molar-refractivity contribution is -0.150. The Morgan fingerprint density at radius 3 is 1.84 bits per heavy atom. The number of benzene rings is 4. The summed E-state index contributed by atoms with van der Waals surface area (Å²) in [4.78, 5) is 54.5. The second-order valence-electron chi connectivity index (χ2n) is 12.2. The molecule has 56 heavy (non-hydrogen) atoms. The van der Waals surface area contributed by atoms with E-state index in [1.807, 2.05) is 6.07 Å². The first kappa shape index (κ1) is 38.6. The Kier molecular flexibility index (Phi) is 12.3. The topological polar surface area (TPSA) is 181 Å². The van der Waals surface area contributed by atoms with Gasteiger partial charge in [0.1, 0.15) is 29.6 Å². The fourth-order valence-corrected chi connectivity index (χ4v) is 5.86. The largest absolute Gasteiger partial charge is 0.493 e. The van der Waals surface area contributed by atoms with Gasteiger partial charge in [-0.2, -0.15) is 5.26 Å². The van der Waals surface area contributed by atoms with Crippen molar-refractivity contribution in [2.24, 2.45) is 0 Å². The zero-order chi connectivity index (χ0) is 39.6. The highest BCUT2D eigenvalue weighted by atomic mass is 16.7. The van der Waals surface area contributed by atoms with Crippen LogP contribution in [0.2, 0.25) is 0 Å². The number of ether oxygens (including phenoxy) is 7. The van der Waals surface area contributed by atoms with Crippen molar-refractivity contribution < 1.29 is 57.4 Å². The van der Waals surface area contributed by atoms with Crippen molar-refractivity contribution in [1.82, 2.24) is 0 Å². The molecule has 0 unspecified atom stereocenters. The summed E-state index contributed by atoms with van der Waals surface area (Å²) in [6.45, 7) is 6.88. The molecule has 0 amide bonds. The first-order valence-electron chi connectivity index (χ1n) is 17.0. The minimum atomic E-state index is -0.964. The number of hydrogen-bond donors (Lipinski definition) is 1. The van der Waals surface area contributed by atoms with Gasteiger partial charge in [0, 0.05) is 5.56 Å². The van der Waals surface area contributed by atoms with Gasteiger partial charge in [-0.3, -0.25) is 4.79 Å². The molecule has 14 heteroatoms. The zero-order valence-corrected chi connectivity index (χ0v) is 29.7. The van der Waals surface area contributed by atoms with E-state index in [1.54, 1.807) is 60.7 Å². The highest BCUT2D eigenvalue weighted by Gasteiger charge is 2.51. The van der Waals surface area contributed by atoms with Crippen LogP contribution in [-0.2, 0) is 35.1 Å². The number of methoxy groups -OCH3 is 1. The fraction of sp³-hybridized carbons (Fsp3) is 0.190. The van der Waals surface area contributed by atoms with E-state index in [0.717, 1.165) is 0 Å². The molecular formula is C42H32N2O12. The summed E-state index contributed by atoms with van der Waals surface area (Å²) in [5, 5.41) is 19.7. The Bertz CT molecular complexity index is 2110. The minimum Gasteiger partial charge on any atom is -0.493 e. The third-order valence-corrected chi connectivity index (χ3v) is 8.63. The van der Waals surface area contributed by atoms with Gasteiger partial charge in [-0.25, -0.2) is 19.2 Å². The average molecular weight is 757 g/mol. The molecule has 2 heterocycles. The number of esters is 4. The van der Waals surface area contributed by atoms with Crippen LogP contribution in [0, 0.1) is 17.9 Å². The Hall–Kier alpha value is -7.10. The molecule has 282 valence electrons. The molecule has 0 bridgehead atoms. The van der Waals surface area contributed by atoms with E-state index in [9.17, 15) is 29.5 Å². The van der Waals surface area contributed by atoms with Crippen molar-refractivity contribution in [3.63, 3.8) is 0 Å². The molecule has 0 aromatic heterocycles.